The van der Waals surface area contributed by atoms with E-state index in [0.717, 1.165) is 5.65 Å². The molecule has 1 aliphatic rings. The van der Waals surface area contributed by atoms with Crippen LogP contribution in [0.15, 0.2) is 18.3 Å². The molecule has 78 valence electrons. The minimum atomic E-state index is 1.07. The number of H-pyrrole nitrogens is 1. The van der Waals surface area contributed by atoms with Crippen molar-refractivity contribution in [2.75, 3.05) is 0 Å². The maximum Gasteiger partial charge on any atom is 0.137 e. The number of hydrogen-bond donors (Lipinski definition) is 1. The van der Waals surface area contributed by atoms with Crippen LogP contribution in [0.1, 0.15) is 36.9 Å². The Kier molecular flexibility index (Phi) is 2.20. The molecule has 2 heterocycles. The smallest absolute Gasteiger partial charge is 0.137 e. The van der Waals surface area contributed by atoms with Gasteiger partial charge < -0.3 is 4.98 Å². The fraction of sp³-hybridized carbons (Fsp3) is 0.462. The van der Waals surface area contributed by atoms with Crippen LogP contribution in [0.3, 0.4) is 0 Å². The Bertz CT molecular complexity index is 470. The van der Waals surface area contributed by atoms with E-state index in [-0.39, 0.29) is 0 Å². The number of fused-ring (bicyclic) bond motifs is 3. The van der Waals surface area contributed by atoms with Crippen LogP contribution in [0, 0.1) is 0 Å². The number of hydrogen-bond acceptors (Lipinski definition) is 1. The van der Waals surface area contributed by atoms with Crippen LogP contribution in [0.4, 0.5) is 0 Å². The van der Waals surface area contributed by atoms with Crippen molar-refractivity contribution in [2.24, 2.45) is 0 Å². The second kappa shape index (κ2) is 3.69. The lowest BCUT2D eigenvalue weighted by molar-refractivity contribution is 0.614. The van der Waals surface area contributed by atoms with E-state index in [1.165, 1.54) is 55.2 Å². The third-order valence-electron chi connectivity index (χ3n) is 3.37. The first-order chi connectivity index (χ1) is 7.45. The normalized spacial score (nSPS) is 17.1. The first-order valence-corrected chi connectivity index (χ1v) is 5.89. The Hall–Kier alpha value is -1.31. The Balaban J connectivity index is 2.15. The molecule has 2 heteroatoms. The highest BCUT2D eigenvalue weighted by atomic mass is 14.9. The summed E-state index contributed by atoms with van der Waals surface area (Å²) in [5.74, 6) is 0. The summed E-state index contributed by atoms with van der Waals surface area (Å²) in [6.45, 7) is 0. The molecule has 1 aliphatic carbocycles. The molecule has 0 spiro atoms. The van der Waals surface area contributed by atoms with Gasteiger partial charge in [-0.05, 0) is 43.4 Å². The van der Waals surface area contributed by atoms with Crippen molar-refractivity contribution in [2.45, 2.75) is 38.5 Å². The molecule has 0 aliphatic heterocycles. The van der Waals surface area contributed by atoms with E-state index in [4.69, 9.17) is 0 Å². The molecule has 0 saturated carbocycles. The molecule has 2 aromatic rings. The van der Waals surface area contributed by atoms with Crippen molar-refractivity contribution in [1.82, 2.24) is 9.97 Å². The third-order valence-corrected chi connectivity index (χ3v) is 3.37. The number of aryl methyl sites for hydroxylation is 2. The molecule has 0 atom stereocenters. The zero-order valence-electron chi connectivity index (χ0n) is 8.92. The molecule has 2 nitrogen and oxygen atoms in total. The molecule has 2 aromatic heterocycles. The van der Waals surface area contributed by atoms with Crippen LogP contribution in [0.2, 0.25) is 0 Å². The zero-order valence-corrected chi connectivity index (χ0v) is 8.92. The highest BCUT2D eigenvalue weighted by molar-refractivity contribution is 5.81. The van der Waals surface area contributed by atoms with Gasteiger partial charge in [0.15, 0.2) is 0 Å². The van der Waals surface area contributed by atoms with Crippen molar-refractivity contribution in [1.29, 1.82) is 0 Å². The monoisotopic (exact) mass is 200 g/mol. The van der Waals surface area contributed by atoms with Gasteiger partial charge in [0.25, 0.3) is 0 Å². The van der Waals surface area contributed by atoms with E-state index < -0.39 is 0 Å². The first kappa shape index (κ1) is 8.96. The highest BCUT2D eigenvalue weighted by Crippen LogP contribution is 2.26. The lowest BCUT2D eigenvalue weighted by atomic mass is 9.97. The first-order valence-electron chi connectivity index (χ1n) is 5.89. The van der Waals surface area contributed by atoms with Gasteiger partial charge in [0, 0.05) is 17.3 Å². The largest absolute Gasteiger partial charge is 0.343 e. The van der Waals surface area contributed by atoms with Crippen molar-refractivity contribution in [3.63, 3.8) is 0 Å². The Morgan fingerprint density at radius 3 is 2.87 bits per heavy atom. The van der Waals surface area contributed by atoms with Gasteiger partial charge >= 0.3 is 0 Å². The predicted octanol–water partition coefficient (Wildman–Crippen LogP) is 3.22. The van der Waals surface area contributed by atoms with Crippen LogP contribution in [0.5, 0.6) is 0 Å². The summed E-state index contributed by atoms with van der Waals surface area (Å²) in [5.41, 5.74) is 4.03. The molecule has 15 heavy (non-hydrogen) atoms. The molecule has 0 saturated heterocycles. The lowest BCUT2D eigenvalue weighted by Gasteiger charge is -2.09. The van der Waals surface area contributed by atoms with Gasteiger partial charge in [-0.15, -0.1) is 0 Å². The minimum Gasteiger partial charge on any atom is -0.343 e. The van der Waals surface area contributed by atoms with E-state index in [2.05, 4.69) is 16.0 Å². The zero-order chi connectivity index (χ0) is 10.1. The van der Waals surface area contributed by atoms with Gasteiger partial charge in [-0.2, -0.15) is 0 Å². The molecule has 3 rings (SSSR count). The van der Waals surface area contributed by atoms with Crippen molar-refractivity contribution >= 4 is 11.0 Å². The average Bonchev–Trinajstić information content (AvgIpc) is 2.55. The van der Waals surface area contributed by atoms with Gasteiger partial charge in [0.05, 0.1) is 0 Å². The summed E-state index contributed by atoms with van der Waals surface area (Å²) in [5, 5.41) is 1.34. The van der Waals surface area contributed by atoms with Gasteiger partial charge in [0.2, 0.25) is 0 Å². The summed E-state index contributed by atoms with van der Waals surface area (Å²) in [6.07, 6.45) is 9.70. The maximum absolute atomic E-state index is 4.39. The van der Waals surface area contributed by atoms with Gasteiger partial charge in [-0.3, -0.25) is 0 Å². The van der Waals surface area contributed by atoms with E-state index in [9.17, 15) is 0 Å². The number of rotatable bonds is 0. The van der Waals surface area contributed by atoms with Crippen molar-refractivity contribution in [3.8, 4) is 0 Å². The van der Waals surface area contributed by atoms with Crippen LogP contribution in [0.25, 0.3) is 11.0 Å². The van der Waals surface area contributed by atoms with Gasteiger partial charge in [-0.1, -0.05) is 12.8 Å². The van der Waals surface area contributed by atoms with Gasteiger partial charge in [0.1, 0.15) is 5.65 Å². The summed E-state index contributed by atoms with van der Waals surface area (Å²) in [6, 6.07) is 4.23. The molecule has 0 bridgehead atoms. The summed E-state index contributed by atoms with van der Waals surface area (Å²) in [7, 11) is 0. The number of aromatic nitrogens is 2. The molecular weight excluding hydrogens is 184 g/mol. The summed E-state index contributed by atoms with van der Waals surface area (Å²) < 4.78 is 0. The lowest BCUT2D eigenvalue weighted by Crippen LogP contribution is -1.97. The molecule has 0 fully saturated rings. The molecule has 1 N–H and O–H groups in total. The standard InChI is InChI=1S/C13H16N2/c1-2-4-8-12-10(6-3-1)11-7-5-9-14-13(11)15-12/h5,7,9H,1-4,6,8H2,(H,14,15). The number of pyridine rings is 1. The molecule has 0 radical (unpaired) electrons. The van der Waals surface area contributed by atoms with E-state index in [0.29, 0.717) is 0 Å². The van der Waals surface area contributed by atoms with Crippen LogP contribution in [-0.4, -0.2) is 9.97 Å². The second-order valence-electron chi connectivity index (χ2n) is 4.40. The van der Waals surface area contributed by atoms with Crippen LogP contribution < -0.4 is 0 Å². The third kappa shape index (κ3) is 1.54. The van der Waals surface area contributed by atoms with E-state index >= 15 is 0 Å². The fourth-order valence-corrected chi connectivity index (χ4v) is 2.59. The number of nitrogens with zero attached hydrogens (tertiary/aromatic N) is 1. The Morgan fingerprint density at radius 1 is 1.07 bits per heavy atom. The SMILES string of the molecule is c1cnc2[nH]c3c(c2c1)CCCCCC3. The molecule has 0 unspecified atom stereocenters. The minimum absolute atomic E-state index is 1.07. The van der Waals surface area contributed by atoms with Crippen LogP contribution >= 0.6 is 0 Å². The average molecular weight is 200 g/mol. The molecule has 0 aromatic carbocycles. The number of nitrogens with one attached hydrogen (secondary N) is 1. The predicted molar refractivity (Wildman–Crippen MR) is 62.0 cm³/mol. The fourth-order valence-electron chi connectivity index (χ4n) is 2.59. The summed E-state index contributed by atoms with van der Waals surface area (Å²) >= 11 is 0. The van der Waals surface area contributed by atoms with E-state index in [1.807, 2.05) is 12.3 Å². The van der Waals surface area contributed by atoms with Crippen molar-refractivity contribution in [3.05, 3.63) is 29.6 Å². The second-order valence-corrected chi connectivity index (χ2v) is 4.40. The van der Waals surface area contributed by atoms with Crippen molar-refractivity contribution < 1.29 is 0 Å². The maximum atomic E-state index is 4.39. The Labute approximate surface area is 89.7 Å². The summed E-state index contributed by atoms with van der Waals surface area (Å²) in [4.78, 5) is 7.86. The topological polar surface area (TPSA) is 28.7 Å². The van der Waals surface area contributed by atoms with Gasteiger partial charge in [-0.25, -0.2) is 4.98 Å². The highest BCUT2D eigenvalue weighted by Gasteiger charge is 2.13. The Morgan fingerprint density at radius 2 is 1.93 bits per heavy atom. The number of aromatic amines is 1. The quantitative estimate of drug-likeness (QED) is 0.695. The molecular formula is C13H16N2. The van der Waals surface area contributed by atoms with Crippen LogP contribution in [-0.2, 0) is 12.8 Å². The van der Waals surface area contributed by atoms with E-state index in [1.54, 1.807) is 0 Å². The molecule has 0 amide bonds.